The van der Waals surface area contributed by atoms with Gasteiger partial charge in [-0.15, -0.1) is 0 Å². The molecule has 0 saturated carbocycles. The Labute approximate surface area is 66.7 Å². The molecule has 0 spiro atoms. The molecular weight excluding hydrogens is 146 g/mol. The van der Waals surface area contributed by atoms with Gasteiger partial charge in [-0.2, -0.15) is 0 Å². The van der Waals surface area contributed by atoms with Gasteiger partial charge in [0.25, 0.3) is 0 Å². The first-order valence-corrected chi connectivity index (χ1v) is 3.66. The third-order valence-corrected chi connectivity index (χ3v) is 1.06. The minimum atomic E-state index is -0.337. The van der Waals surface area contributed by atoms with Crippen LogP contribution < -0.4 is 5.73 Å². The van der Waals surface area contributed by atoms with E-state index in [4.69, 9.17) is 15.2 Å². The van der Waals surface area contributed by atoms with Crippen LogP contribution in [0, 0.1) is 0 Å². The fraction of sp³-hybridized carbons (Fsp3) is 0.857. The zero-order valence-corrected chi connectivity index (χ0v) is 6.79. The Hall–Kier alpha value is -0.450. The molecule has 0 aliphatic carbocycles. The summed E-state index contributed by atoms with van der Waals surface area (Å²) in [5.74, 6) is 0. The van der Waals surface area contributed by atoms with Gasteiger partial charge in [-0.1, -0.05) is 0 Å². The number of aldehydes is 1. The fourth-order valence-electron chi connectivity index (χ4n) is 0.518. The van der Waals surface area contributed by atoms with Crippen LogP contribution in [-0.4, -0.2) is 38.8 Å². The highest BCUT2D eigenvalue weighted by atomic mass is 16.5. The normalized spacial score (nSPS) is 12.9. The highest BCUT2D eigenvalue weighted by Crippen LogP contribution is 1.84. The summed E-state index contributed by atoms with van der Waals surface area (Å²) in [7, 11) is 0. The average molecular weight is 161 g/mol. The number of rotatable bonds is 7. The van der Waals surface area contributed by atoms with Gasteiger partial charge in [-0.3, -0.25) is 0 Å². The van der Waals surface area contributed by atoms with Gasteiger partial charge in [-0.25, -0.2) is 0 Å². The molecule has 1 atom stereocenters. The van der Waals surface area contributed by atoms with Crippen molar-refractivity contribution in [3.63, 3.8) is 0 Å². The van der Waals surface area contributed by atoms with Crippen LogP contribution in [0.1, 0.15) is 6.92 Å². The molecule has 0 aromatic carbocycles. The van der Waals surface area contributed by atoms with Crippen molar-refractivity contribution in [1.82, 2.24) is 0 Å². The van der Waals surface area contributed by atoms with Crippen LogP contribution >= 0.6 is 0 Å². The van der Waals surface area contributed by atoms with Crippen molar-refractivity contribution < 1.29 is 14.3 Å². The van der Waals surface area contributed by atoms with Gasteiger partial charge in [0, 0.05) is 6.54 Å². The van der Waals surface area contributed by atoms with Crippen molar-refractivity contribution >= 4 is 6.29 Å². The van der Waals surface area contributed by atoms with Crippen molar-refractivity contribution in [2.75, 3.05) is 26.4 Å². The Kier molecular flexibility index (Phi) is 7.34. The Morgan fingerprint density at radius 2 is 2.18 bits per heavy atom. The zero-order chi connectivity index (χ0) is 8.53. The van der Waals surface area contributed by atoms with Crippen LogP contribution in [0.25, 0.3) is 0 Å². The molecule has 0 aliphatic heterocycles. The summed E-state index contributed by atoms with van der Waals surface area (Å²) in [5, 5.41) is 0. The Balaban J connectivity index is 2.95. The maximum Gasteiger partial charge on any atom is 0.148 e. The number of carbonyl (C=O) groups is 1. The SMILES string of the molecule is CC(C=O)OCCOCCN. The number of hydrogen-bond donors (Lipinski definition) is 1. The topological polar surface area (TPSA) is 61.5 Å². The van der Waals surface area contributed by atoms with Crippen LogP contribution in [0.4, 0.5) is 0 Å². The standard InChI is InChI=1S/C7H15NO3/c1-7(6-9)11-5-4-10-3-2-8/h6-7H,2-5,8H2,1H3. The van der Waals surface area contributed by atoms with Gasteiger partial charge >= 0.3 is 0 Å². The predicted octanol–water partition coefficient (Wildman–Crippen LogP) is -0.434. The van der Waals surface area contributed by atoms with Crippen LogP contribution in [0.3, 0.4) is 0 Å². The largest absolute Gasteiger partial charge is 0.378 e. The van der Waals surface area contributed by atoms with E-state index in [1.807, 2.05) is 0 Å². The molecule has 0 aliphatic rings. The minimum Gasteiger partial charge on any atom is -0.378 e. The van der Waals surface area contributed by atoms with Gasteiger partial charge < -0.3 is 20.0 Å². The van der Waals surface area contributed by atoms with Crippen molar-refractivity contribution in [1.29, 1.82) is 0 Å². The lowest BCUT2D eigenvalue weighted by Crippen LogP contribution is -2.16. The highest BCUT2D eigenvalue weighted by Gasteiger charge is 1.96. The number of hydrogen-bond acceptors (Lipinski definition) is 4. The quantitative estimate of drug-likeness (QED) is 0.406. The highest BCUT2D eigenvalue weighted by molar-refractivity contribution is 5.55. The van der Waals surface area contributed by atoms with Gasteiger partial charge in [0.05, 0.1) is 19.8 Å². The number of ether oxygens (including phenoxy) is 2. The van der Waals surface area contributed by atoms with E-state index in [9.17, 15) is 4.79 Å². The molecule has 11 heavy (non-hydrogen) atoms. The minimum absolute atomic E-state index is 0.337. The lowest BCUT2D eigenvalue weighted by atomic mass is 10.5. The third kappa shape index (κ3) is 7.45. The summed E-state index contributed by atoms with van der Waals surface area (Å²) in [5.41, 5.74) is 5.17. The van der Waals surface area contributed by atoms with Crippen LogP contribution in [-0.2, 0) is 14.3 Å². The molecule has 0 bridgehead atoms. The van der Waals surface area contributed by atoms with E-state index in [0.29, 0.717) is 26.4 Å². The van der Waals surface area contributed by atoms with Gasteiger partial charge in [0.1, 0.15) is 12.4 Å². The van der Waals surface area contributed by atoms with E-state index in [0.717, 1.165) is 6.29 Å². The first kappa shape index (κ1) is 10.6. The molecule has 0 heterocycles. The van der Waals surface area contributed by atoms with Crippen molar-refractivity contribution in [2.24, 2.45) is 5.73 Å². The molecule has 2 N–H and O–H groups in total. The summed E-state index contributed by atoms with van der Waals surface area (Å²) in [6.07, 6.45) is 0.416. The summed E-state index contributed by atoms with van der Waals surface area (Å²) in [6.45, 7) is 3.69. The number of carbonyl (C=O) groups excluding carboxylic acids is 1. The predicted molar refractivity (Wildman–Crippen MR) is 41.4 cm³/mol. The van der Waals surface area contributed by atoms with E-state index < -0.39 is 0 Å². The lowest BCUT2D eigenvalue weighted by Gasteiger charge is -2.05. The van der Waals surface area contributed by atoms with E-state index in [1.54, 1.807) is 6.92 Å². The second-order valence-corrected chi connectivity index (χ2v) is 2.11. The molecule has 0 fully saturated rings. The maximum absolute atomic E-state index is 10.0. The molecule has 0 radical (unpaired) electrons. The Morgan fingerprint density at radius 3 is 2.73 bits per heavy atom. The summed E-state index contributed by atoms with van der Waals surface area (Å²) >= 11 is 0. The van der Waals surface area contributed by atoms with Crippen LogP contribution in [0.2, 0.25) is 0 Å². The molecular formula is C7H15NO3. The van der Waals surface area contributed by atoms with Crippen molar-refractivity contribution in [3.05, 3.63) is 0 Å². The molecule has 0 amide bonds. The van der Waals surface area contributed by atoms with Crippen LogP contribution in [0.15, 0.2) is 0 Å². The first-order chi connectivity index (χ1) is 5.31. The van der Waals surface area contributed by atoms with E-state index >= 15 is 0 Å². The number of nitrogens with two attached hydrogens (primary N) is 1. The zero-order valence-electron chi connectivity index (χ0n) is 6.79. The monoisotopic (exact) mass is 161 g/mol. The maximum atomic E-state index is 10.0. The third-order valence-electron chi connectivity index (χ3n) is 1.06. The molecule has 0 aromatic rings. The summed E-state index contributed by atoms with van der Waals surface area (Å²) in [6, 6.07) is 0. The summed E-state index contributed by atoms with van der Waals surface area (Å²) < 4.78 is 10.0. The smallest absolute Gasteiger partial charge is 0.148 e. The second kappa shape index (κ2) is 7.65. The lowest BCUT2D eigenvalue weighted by molar-refractivity contribution is -0.117. The fourth-order valence-corrected chi connectivity index (χ4v) is 0.518. The van der Waals surface area contributed by atoms with Crippen LogP contribution in [0.5, 0.6) is 0 Å². The van der Waals surface area contributed by atoms with Crippen molar-refractivity contribution in [3.8, 4) is 0 Å². The van der Waals surface area contributed by atoms with Gasteiger partial charge in [0.2, 0.25) is 0 Å². The molecule has 4 nitrogen and oxygen atoms in total. The van der Waals surface area contributed by atoms with Gasteiger partial charge in [0.15, 0.2) is 0 Å². The molecule has 1 unspecified atom stereocenters. The average Bonchev–Trinajstić information content (AvgIpc) is 2.04. The molecule has 66 valence electrons. The summed E-state index contributed by atoms with van der Waals surface area (Å²) in [4.78, 5) is 10.0. The molecule has 0 rings (SSSR count). The van der Waals surface area contributed by atoms with E-state index in [1.165, 1.54) is 0 Å². The van der Waals surface area contributed by atoms with Crippen molar-refractivity contribution in [2.45, 2.75) is 13.0 Å². The molecule has 0 saturated heterocycles. The second-order valence-electron chi connectivity index (χ2n) is 2.11. The molecule has 4 heteroatoms. The van der Waals surface area contributed by atoms with E-state index in [2.05, 4.69) is 0 Å². The van der Waals surface area contributed by atoms with E-state index in [-0.39, 0.29) is 6.10 Å². The van der Waals surface area contributed by atoms with Gasteiger partial charge in [-0.05, 0) is 6.92 Å². The first-order valence-electron chi connectivity index (χ1n) is 3.66. The Morgan fingerprint density at radius 1 is 1.45 bits per heavy atom. The Bertz CT molecular complexity index is 97.7. The molecule has 0 aromatic heterocycles.